The Hall–Kier alpha value is -3.48. The summed E-state index contributed by atoms with van der Waals surface area (Å²) in [6.07, 6.45) is 1.73. The molecule has 1 aromatic heterocycles. The van der Waals surface area contributed by atoms with Crippen molar-refractivity contribution in [3.05, 3.63) is 83.2 Å². The maximum absolute atomic E-state index is 12.9. The lowest BCUT2D eigenvalue weighted by molar-refractivity contribution is -0.135. The minimum atomic E-state index is -0.413. The van der Waals surface area contributed by atoms with E-state index in [9.17, 15) is 9.59 Å². The van der Waals surface area contributed by atoms with E-state index in [1.807, 2.05) is 65.6 Å². The highest BCUT2D eigenvalue weighted by molar-refractivity contribution is 5.91. The molecule has 2 heterocycles. The average molecular weight is 401 g/mol. The lowest BCUT2D eigenvalue weighted by atomic mass is 9.95. The smallest absolute Gasteiger partial charge is 0.245 e. The Balaban J connectivity index is 1.28. The molecule has 0 bridgehead atoms. The van der Waals surface area contributed by atoms with Gasteiger partial charge in [0, 0.05) is 6.54 Å². The molecular formula is C23H23N5O2. The zero-order chi connectivity index (χ0) is 20.6. The fourth-order valence-electron chi connectivity index (χ4n) is 4.11. The quantitative estimate of drug-likeness (QED) is 0.687. The maximum Gasteiger partial charge on any atom is 0.245 e. The number of carbonyl (C=O) groups excluding carboxylic acids is 2. The lowest BCUT2D eigenvalue weighted by Crippen LogP contribution is -2.39. The maximum atomic E-state index is 12.9. The standard InChI is InChI=1S/C23H23N5O2/c29-21-16-28-20(15-27(21)14-17-7-3-1-4-8-17)19(25-26-28)13-24-22(30)23(11-12-23)18-9-5-2-6-10-18/h1-10H,11-16H2,(H,24,30). The molecule has 5 rings (SSSR count). The Morgan fingerprint density at radius 3 is 2.40 bits per heavy atom. The Kier molecular flexibility index (Phi) is 4.58. The number of aromatic nitrogens is 3. The van der Waals surface area contributed by atoms with Crippen LogP contribution >= 0.6 is 0 Å². The zero-order valence-electron chi connectivity index (χ0n) is 16.6. The Morgan fingerprint density at radius 1 is 1.00 bits per heavy atom. The third-order valence-electron chi connectivity index (χ3n) is 6.04. The van der Waals surface area contributed by atoms with Gasteiger partial charge in [0.15, 0.2) is 0 Å². The number of nitrogens with zero attached hydrogens (tertiary/aromatic N) is 4. The van der Waals surface area contributed by atoms with Crippen LogP contribution < -0.4 is 5.32 Å². The van der Waals surface area contributed by atoms with Gasteiger partial charge in [-0.25, -0.2) is 4.68 Å². The molecule has 1 aliphatic carbocycles. The summed E-state index contributed by atoms with van der Waals surface area (Å²) in [6.45, 7) is 1.48. The predicted molar refractivity (Wildman–Crippen MR) is 110 cm³/mol. The third-order valence-corrected chi connectivity index (χ3v) is 6.04. The molecular weight excluding hydrogens is 378 g/mol. The number of hydrogen-bond acceptors (Lipinski definition) is 4. The molecule has 1 fully saturated rings. The summed E-state index contributed by atoms with van der Waals surface area (Å²) in [5.74, 6) is 0.0522. The molecule has 1 saturated carbocycles. The van der Waals surface area contributed by atoms with Crippen molar-refractivity contribution in [2.45, 2.75) is 44.4 Å². The number of benzene rings is 2. The largest absolute Gasteiger partial charge is 0.350 e. The fourth-order valence-corrected chi connectivity index (χ4v) is 4.11. The SMILES string of the molecule is O=C1Cn2nnc(CNC(=O)C3(c4ccccc4)CC3)c2CN1Cc1ccccc1. The van der Waals surface area contributed by atoms with Gasteiger partial charge < -0.3 is 10.2 Å². The third kappa shape index (κ3) is 3.36. The zero-order valence-corrected chi connectivity index (χ0v) is 16.6. The van der Waals surface area contributed by atoms with Crippen molar-refractivity contribution in [3.8, 4) is 0 Å². The van der Waals surface area contributed by atoms with Crippen LogP contribution in [0, 0.1) is 0 Å². The summed E-state index contributed by atoms with van der Waals surface area (Å²) >= 11 is 0. The average Bonchev–Trinajstić information content (AvgIpc) is 3.51. The van der Waals surface area contributed by atoms with Crippen LogP contribution in [0.5, 0.6) is 0 Å². The van der Waals surface area contributed by atoms with E-state index < -0.39 is 5.41 Å². The number of amides is 2. The summed E-state index contributed by atoms with van der Waals surface area (Å²) in [5.41, 5.74) is 3.34. The highest BCUT2D eigenvalue weighted by Crippen LogP contribution is 2.48. The molecule has 0 atom stereocenters. The molecule has 2 aromatic carbocycles. The van der Waals surface area contributed by atoms with Crippen LogP contribution in [0.15, 0.2) is 60.7 Å². The van der Waals surface area contributed by atoms with E-state index in [4.69, 9.17) is 0 Å². The molecule has 2 amide bonds. The summed E-state index contributed by atoms with van der Waals surface area (Å²) in [7, 11) is 0. The Labute approximate surface area is 174 Å². The first kappa shape index (κ1) is 18.5. The lowest BCUT2D eigenvalue weighted by Gasteiger charge is -2.27. The van der Waals surface area contributed by atoms with E-state index in [1.165, 1.54) is 0 Å². The predicted octanol–water partition coefficient (Wildman–Crippen LogP) is 2.17. The van der Waals surface area contributed by atoms with Crippen molar-refractivity contribution in [2.75, 3.05) is 0 Å². The van der Waals surface area contributed by atoms with Gasteiger partial charge in [-0.1, -0.05) is 65.9 Å². The van der Waals surface area contributed by atoms with E-state index >= 15 is 0 Å². The summed E-state index contributed by atoms with van der Waals surface area (Å²) in [6, 6.07) is 19.8. The molecule has 1 N–H and O–H groups in total. The van der Waals surface area contributed by atoms with Crippen molar-refractivity contribution in [1.29, 1.82) is 0 Å². The van der Waals surface area contributed by atoms with Crippen LogP contribution in [-0.2, 0) is 41.2 Å². The topological polar surface area (TPSA) is 80.1 Å². The van der Waals surface area contributed by atoms with Crippen LogP contribution in [0.2, 0.25) is 0 Å². The molecule has 7 heteroatoms. The second kappa shape index (κ2) is 7.40. The van der Waals surface area contributed by atoms with Gasteiger partial charge in [0.1, 0.15) is 12.2 Å². The first-order valence-corrected chi connectivity index (χ1v) is 10.2. The van der Waals surface area contributed by atoms with Gasteiger partial charge in [0.2, 0.25) is 11.8 Å². The van der Waals surface area contributed by atoms with Crippen molar-refractivity contribution < 1.29 is 9.59 Å². The van der Waals surface area contributed by atoms with Crippen molar-refractivity contribution in [2.24, 2.45) is 0 Å². The molecule has 1 aliphatic heterocycles. The molecule has 30 heavy (non-hydrogen) atoms. The second-order valence-electron chi connectivity index (χ2n) is 8.01. The molecule has 7 nitrogen and oxygen atoms in total. The minimum Gasteiger partial charge on any atom is -0.350 e. The van der Waals surface area contributed by atoms with Gasteiger partial charge in [-0.3, -0.25) is 9.59 Å². The van der Waals surface area contributed by atoms with Crippen molar-refractivity contribution >= 4 is 11.8 Å². The summed E-state index contributed by atoms with van der Waals surface area (Å²) in [4.78, 5) is 27.2. The van der Waals surface area contributed by atoms with E-state index in [0.717, 1.165) is 35.4 Å². The highest BCUT2D eigenvalue weighted by atomic mass is 16.2. The van der Waals surface area contributed by atoms with Crippen LogP contribution in [-0.4, -0.2) is 31.7 Å². The number of carbonyl (C=O) groups is 2. The van der Waals surface area contributed by atoms with Gasteiger partial charge in [-0.2, -0.15) is 0 Å². The van der Waals surface area contributed by atoms with E-state index in [0.29, 0.717) is 19.6 Å². The highest BCUT2D eigenvalue weighted by Gasteiger charge is 2.51. The van der Waals surface area contributed by atoms with E-state index in [2.05, 4.69) is 15.6 Å². The second-order valence-corrected chi connectivity index (χ2v) is 8.01. The number of fused-ring (bicyclic) bond motifs is 1. The van der Waals surface area contributed by atoms with Gasteiger partial charge in [-0.15, -0.1) is 5.10 Å². The molecule has 0 unspecified atom stereocenters. The molecule has 2 aliphatic rings. The Bertz CT molecular complexity index is 1070. The molecule has 0 saturated heterocycles. The van der Waals surface area contributed by atoms with Gasteiger partial charge in [-0.05, 0) is 24.0 Å². The van der Waals surface area contributed by atoms with Crippen molar-refractivity contribution in [1.82, 2.24) is 25.2 Å². The van der Waals surface area contributed by atoms with Gasteiger partial charge >= 0.3 is 0 Å². The Morgan fingerprint density at radius 2 is 1.70 bits per heavy atom. The van der Waals surface area contributed by atoms with Gasteiger partial charge in [0.25, 0.3) is 0 Å². The first-order valence-electron chi connectivity index (χ1n) is 10.2. The van der Waals surface area contributed by atoms with Gasteiger partial charge in [0.05, 0.1) is 24.2 Å². The first-order chi connectivity index (χ1) is 14.7. The summed E-state index contributed by atoms with van der Waals surface area (Å²) in [5, 5.41) is 11.4. The van der Waals surface area contributed by atoms with Crippen LogP contribution in [0.3, 0.4) is 0 Å². The molecule has 3 aromatic rings. The number of hydrogen-bond donors (Lipinski definition) is 1. The normalized spacial score (nSPS) is 16.8. The molecule has 152 valence electrons. The van der Waals surface area contributed by atoms with E-state index in [-0.39, 0.29) is 18.4 Å². The fraction of sp³-hybridized carbons (Fsp3) is 0.304. The molecule has 0 radical (unpaired) electrons. The van der Waals surface area contributed by atoms with Crippen molar-refractivity contribution in [3.63, 3.8) is 0 Å². The number of rotatable bonds is 6. The summed E-state index contributed by atoms with van der Waals surface area (Å²) < 4.78 is 1.65. The van der Waals surface area contributed by atoms with Crippen LogP contribution in [0.25, 0.3) is 0 Å². The molecule has 0 spiro atoms. The van der Waals surface area contributed by atoms with Crippen LogP contribution in [0.4, 0.5) is 0 Å². The monoisotopic (exact) mass is 401 g/mol. The van der Waals surface area contributed by atoms with Crippen LogP contribution in [0.1, 0.15) is 35.4 Å². The number of nitrogens with one attached hydrogen (secondary N) is 1. The minimum absolute atomic E-state index is 0.0212. The van der Waals surface area contributed by atoms with E-state index in [1.54, 1.807) is 4.68 Å².